The average molecular weight is 274 g/mol. The van der Waals surface area contributed by atoms with Gasteiger partial charge in [0.15, 0.2) is 0 Å². The van der Waals surface area contributed by atoms with Crippen LogP contribution >= 0.6 is 0 Å². The minimum absolute atomic E-state index is 0.308. The Hall–Kier alpha value is -2.30. The van der Waals surface area contributed by atoms with E-state index in [-0.39, 0.29) is 0 Å². The molecule has 0 saturated heterocycles. The van der Waals surface area contributed by atoms with Gasteiger partial charge in [0.05, 0.1) is 24.2 Å². The van der Waals surface area contributed by atoms with Crippen LogP contribution in [0.2, 0.25) is 0 Å². The quantitative estimate of drug-likeness (QED) is 0.910. The largest absolute Gasteiger partial charge is 0.497 e. The maximum atomic E-state index is 11.4. The SMILES string of the molecule is CCCc1nn(-c2ccc(OC)cc2)c(C)c1C(=O)O. The maximum Gasteiger partial charge on any atom is 0.339 e. The number of carboxylic acid groups (broad SMARTS) is 1. The Morgan fingerprint density at radius 1 is 1.35 bits per heavy atom. The molecule has 1 N–H and O–H groups in total. The van der Waals surface area contributed by atoms with Gasteiger partial charge in [0.2, 0.25) is 0 Å². The van der Waals surface area contributed by atoms with Gasteiger partial charge >= 0.3 is 5.97 Å². The van der Waals surface area contributed by atoms with Crippen molar-refractivity contribution in [3.05, 3.63) is 41.2 Å². The second kappa shape index (κ2) is 5.77. The van der Waals surface area contributed by atoms with Gasteiger partial charge in [-0.05, 0) is 37.6 Å². The van der Waals surface area contributed by atoms with E-state index in [9.17, 15) is 9.90 Å². The number of carbonyl (C=O) groups is 1. The van der Waals surface area contributed by atoms with Crippen LogP contribution in [0, 0.1) is 6.92 Å². The number of nitrogens with zero attached hydrogens (tertiary/aromatic N) is 2. The van der Waals surface area contributed by atoms with E-state index in [0.717, 1.165) is 17.9 Å². The first-order valence-electron chi connectivity index (χ1n) is 6.54. The lowest BCUT2D eigenvalue weighted by molar-refractivity contribution is 0.0695. The molecule has 1 heterocycles. The third kappa shape index (κ3) is 2.52. The van der Waals surface area contributed by atoms with Crippen LogP contribution in [0.15, 0.2) is 24.3 Å². The first-order valence-corrected chi connectivity index (χ1v) is 6.54. The molecule has 5 nitrogen and oxygen atoms in total. The number of hydrogen-bond donors (Lipinski definition) is 1. The lowest BCUT2D eigenvalue weighted by Crippen LogP contribution is -2.03. The molecule has 106 valence electrons. The van der Waals surface area contributed by atoms with E-state index in [1.807, 2.05) is 31.2 Å². The molecule has 0 amide bonds. The highest BCUT2D eigenvalue weighted by Gasteiger charge is 2.20. The summed E-state index contributed by atoms with van der Waals surface area (Å²) in [6.45, 7) is 3.78. The van der Waals surface area contributed by atoms with Crippen LogP contribution in [0.4, 0.5) is 0 Å². The van der Waals surface area contributed by atoms with Crippen LogP contribution in [-0.2, 0) is 6.42 Å². The summed E-state index contributed by atoms with van der Waals surface area (Å²) in [6, 6.07) is 7.38. The normalized spacial score (nSPS) is 10.6. The third-order valence-corrected chi connectivity index (χ3v) is 3.21. The van der Waals surface area contributed by atoms with E-state index in [2.05, 4.69) is 5.10 Å². The number of methoxy groups -OCH3 is 1. The minimum Gasteiger partial charge on any atom is -0.497 e. The summed E-state index contributed by atoms with van der Waals surface area (Å²) in [7, 11) is 1.61. The summed E-state index contributed by atoms with van der Waals surface area (Å²) >= 11 is 0. The molecule has 0 bridgehead atoms. The van der Waals surface area contributed by atoms with E-state index >= 15 is 0 Å². The van der Waals surface area contributed by atoms with Crippen molar-refractivity contribution in [1.29, 1.82) is 0 Å². The molecule has 0 atom stereocenters. The second-order valence-electron chi connectivity index (χ2n) is 4.57. The standard InChI is InChI=1S/C15H18N2O3/c1-4-5-13-14(15(18)19)10(2)17(16-13)11-6-8-12(20-3)9-7-11/h6-9H,4-5H2,1-3H3,(H,18,19). The number of aromatic nitrogens is 2. The lowest BCUT2D eigenvalue weighted by atomic mass is 10.1. The molecular weight excluding hydrogens is 256 g/mol. The number of aryl methyl sites for hydroxylation is 1. The highest BCUT2D eigenvalue weighted by atomic mass is 16.5. The van der Waals surface area contributed by atoms with Gasteiger partial charge in [-0.25, -0.2) is 9.48 Å². The van der Waals surface area contributed by atoms with E-state index in [1.54, 1.807) is 18.7 Å². The van der Waals surface area contributed by atoms with E-state index in [4.69, 9.17) is 4.74 Å². The molecule has 0 saturated carbocycles. The molecular formula is C15H18N2O3. The molecule has 0 aliphatic heterocycles. The highest BCUT2D eigenvalue weighted by Crippen LogP contribution is 2.21. The van der Waals surface area contributed by atoms with Crippen molar-refractivity contribution in [1.82, 2.24) is 9.78 Å². The maximum absolute atomic E-state index is 11.4. The summed E-state index contributed by atoms with van der Waals surface area (Å²) in [5, 5.41) is 13.8. The number of benzene rings is 1. The first kappa shape index (κ1) is 14.1. The molecule has 2 rings (SSSR count). The number of hydrogen-bond acceptors (Lipinski definition) is 3. The van der Waals surface area contributed by atoms with Crippen molar-refractivity contribution in [2.45, 2.75) is 26.7 Å². The zero-order chi connectivity index (χ0) is 14.7. The fourth-order valence-corrected chi connectivity index (χ4v) is 2.23. The summed E-state index contributed by atoms with van der Waals surface area (Å²) in [6.07, 6.45) is 1.52. The topological polar surface area (TPSA) is 64.4 Å². The molecule has 1 aromatic carbocycles. The minimum atomic E-state index is -0.925. The third-order valence-electron chi connectivity index (χ3n) is 3.21. The second-order valence-corrected chi connectivity index (χ2v) is 4.57. The molecule has 5 heteroatoms. The smallest absolute Gasteiger partial charge is 0.339 e. The van der Waals surface area contributed by atoms with Crippen molar-refractivity contribution in [2.75, 3.05) is 7.11 Å². The van der Waals surface area contributed by atoms with Gasteiger partial charge in [0, 0.05) is 0 Å². The van der Waals surface area contributed by atoms with Gasteiger partial charge in [-0.1, -0.05) is 13.3 Å². The zero-order valence-electron chi connectivity index (χ0n) is 11.9. The molecule has 0 spiro atoms. The number of ether oxygens (including phenoxy) is 1. The monoisotopic (exact) mass is 274 g/mol. The van der Waals surface area contributed by atoms with Crippen molar-refractivity contribution >= 4 is 5.97 Å². The lowest BCUT2D eigenvalue weighted by Gasteiger charge is -2.05. The predicted octanol–water partition coefficient (Wildman–Crippen LogP) is 2.84. The molecule has 0 radical (unpaired) electrons. The highest BCUT2D eigenvalue weighted by molar-refractivity contribution is 5.90. The van der Waals surface area contributed by atoms with Gasteiger partial charge in [-0.15, -0.1) is 0 Å². The van der Waals surface area contributed by atoms with E-state index in [1.165, 1.54) is 0 Å². The van der Waals surface area contributed by atoms with E-state index < -0.39 is 5.97 Å². The molecule has 0 fully saturated rings. The number of carboxylic acids is 1. The number of rotatable bonds is 5. The Bertz CT molecular complexity index is 615. The first-order chi connectivity index (χ1) is 9.58. The predicted molar refractivity (Wildman–Crippen MR) is 75.8 cm³/mol. The molecule has 1 aromatic heterocycles. The molecule has 0 aliphatic rings. The molecule has 20 heavy (non-hydrogen) atoms. The van der Waals surface area contributed by atoms with Crippen LogP contribution in [0.3, 0.4) is 0 Å². The van der Waals surface area contributed by atoms with Gasteiger partial charge in [0.1, 0.15) is 11.3 Å². The van der Waals surface area contributed by atoms with Gasteiger partial charge in [-0.3, -0.25) is 0 Å². The molecule has 2 aromatic rings. The van der Waals surface area contributed by atoms with Crippen LogP contribution in [0.1, 0.15) is 35.1 Å². The van der Waals surface area contributed by atoms with Crippen molar-refractivity contribution in [2.24, 2.45) is 0 Å². The fourth-order valence-electron chi connectivity index (χ4n) is 2.23. The Morgan fingerprint density at radius 3 is 2.50 bits per heavy atom. The van der Waals surface area contributed by atoms with Crippen LogP contribution < -0.4 is 4.74 Å². The van der Waals surface area contributed by atoms with Crippen molar-refractivity contribution in [3.8, 4) is 11.4 Å². The van der Waals surface area contributed by atoms with Crippen LogP contribution in [-0.4, -0.2) is 28.0 Å². The van der Waals surface area contributed by atoms with Gasteiger partial charge < -0.3 is 9.84 Å². The van der Waals surface area contributed by atoms with Gasteiger partial charge in [0.25, 0.3) is 0 Å². The fraction of sp³-hybridized carbons (Fsp3) is 0.333. The van der Waals surface area contributed by atoms with Crippen molar-refractivity contribution in [3.63, 3.8) is 0 Å². The number of aromatic carboxylic acids is 1. The summed E-state index contributed by atoms with van der Waals surface area (Å²) in [5.74, 6) is -0.170. The van der Waals surface area contributed by atoms with Gasteiger partial charge in [-0.2, -0.15) is 5.10 Å². The summed E-state index contributed by atoms with van der Waals surface area (Å²) in [5.41, 5.74) is 2.41. The Labute approximate surface area is 117 Å². The Morgan fingerprint density at radius 2 is 2.00 bits per heavy atom. The van der Waals surface area contributed by atoms with Crippen LogP contribution in [0.25, 0.3) is 5.69 Å². The Balaban J connectivity index is 2.50. The molecule has 0 unspecified atom stereocenters. The van der Waals surface area contributed by atoms with Crippen molar-refractivity contribution < 1.29 is 14.6 Å². The zero-order valence-corrected chi connectivity index (χ0v) is 11.9. The summed E-state index contributed by atoms with van der Waals surface area (Å²) in [4.78, 5) is 11.4. The van der Waals surface area contributed by atoms with Crippen LogP contribution in [0.5, 0.6) is 5.75 Å². The Kier molecular flexibility index (Phi) is 4.08. The van der Waals surface area contributed by atoms with E-state index in [0.29, 0.717) is 23.4 Å². The average Bonchev–Trinajstić information content (AvgIpc) is 2.76. The summed E-state index contributed by atoms with van der Waals surface area (Å²) < 4.78 is 6.79. The molecule has 0 aliphatic carbocycles.